The average Bonchev–Trinajstić information content (AvgIpc) is 3.03. The van der Waals surface area contributed by atoms with E-state index in [4.69, 9.17) is 0 Å². The van der Waals surface area contributed by atoms with Gasteiger partial charge in [-0.15, -0.1) is 0 Å². The van der Waals surface area contributed by atoms with Crippen molar-refractivity contribution in [1.29, 1.82) is 0 Å². The van der Waals surface area contributed by atoms with Crippen LogP contribution in [0.5, 0.6) is 0 Å². The molecular weight excluding hydrogens is 286 g/mol. The molecule has 1 aromatic rings. The minimum absolute atomic E-state index is 0.244. The van der Waals surface area contributed by atoms with Gasteiger partial charge < -0.3 is 5.11 Å². The molecule has 1 fully saturated rings. The van der Waals surface area contributed by atoms with Gasteiger partial charge in [0, 0.05) is 31.2 Å². The van der Waals surface area contributed by atoms with Crippen LogP contribution in [-0.2, 0) is 6.42 Å². The van der Waals surface area contributed by atoms with Gasteiger partial charge in [-0.25, -0.2) is 0 Å². The van der Waals surface area contributed by atoms with Crippen molar-refractivity contribution in [2.45, 2.75) is 53.1 Å². The summed E-state index contributed by atoms with van der Waals surface area (Å²) in [6.07, 6.45) is 7.45. The maximum Gasteiger partial charge on any atom is 0.0711 e. The molecule has 0 saturated carbocycles. The number of rotatable bonds is 7. The first-order valence-corrected chi connectivity index (χ1v) is 8.64. The monoisotopic (exact) mass is 317 g/mol. The summed E-state index contributed by atoms with van der Waals surface area (Å²) in [6, 6.07) is 2.07. The van der Waals surface area contributed by atoms with E-state index >= 15 is 0 Å². The number of nitrogens with one attached hydrogen (secondary N) is 1. The topological polar surface area (TPSA) is 52.2 Å². The Balaban J connectivity index is 1.78. The number of H-pyrrole nitrogens is 1. The van der Waals surface area contributed by atoms with E-state index in [9.17, 15) is 5.11 Å². The first kappa shape index (κ1) is 18.0. The van der Waals surface area contributed by atoms with E-state index in [1.807, 2.05) is 6.92 Å². The number of β-amino-alcohol motifs (C(OH)–C–C–N with tert-alkyl or cyclic N) is 1. The molecule has 2 N–H and O–H groups in total. The van der Waals surface area contributed by atoms with Crippen molar-refractivity contribution in [2.75, 3.05) is 19.6 Å². The summed E-state index contributed by atoms with van der Waals surface area (Å²) in [6.45, 7) is 11.2. The van der Waals surface area contributed by atoms with Gasteiger partial charge in [-0.2, -0.15) is 5.10 Å². The van der Waals surface area contributed by atoms with Gasteiger partial charge in [0.15, 0.2) is 0 Å². The van der Waals surface area contributed by atoms with Crippen molar-refractivity contribution in [3.63, 3.8) is 0 Å². The first-order chi connectivity index (χ1) is 10.9. The third-order valence-electron chi connectivity index (χ3n) is 4.50. The molecule has 1 saturated heterocycles. The molecule has 128 valence electrons. The number of aromatic nitrogens is 2. The molecule has 1 aliphatic rings. The fourth-order valence-corrected chi connectivity index (χ4v) is 3.11. The van der Waals surface area contributed by atoms with Crippen LogP contribution in [0, 0.1) is 12.8 Å². The molecule has 1 aliphatic heterocycles. The van der Waals surface area contributed by atoms with E-state index < -0.39 is 0 Å². The smallest absolute Gasteiger partial charge is 0.0711 e. The summed E-state index contributed by atoms with van der Waals surface area (Å²) in [5.41, 5.74) is 4.96. The Labute approximate surface area is 140 Å². The van der Waals surface area contributed by atoms with E-state index in [0.717, 1.165) is 50.3 Å². The highest BCUT2D eigenvalue weighted by molar-refractivity contribution is 5.09. The highest BCUT2D eigenvalue weighted by Gasteiger charge is 2.31. The van der Waals surface area contributed by atoms with E-state index in [-0.39, 0.29) is 12.0 Å². The van der Waals surface area contributed by atoms with Gasteiger partial charge >= 0.3 is 0 Å². The summed E-state index contributed by atoms with van der Waals surface area (Å²) in [7, 11) is 0. The van der Waals surface area contributed by atoms with Crippen molar-refractivity contribution < 1.29 is 5.11 Å². The number of hydrogen-bond donors (Lipinski definition) is 2. The van der Waals surface area contributed by atoms with Crippen LogP contribution in [0.1, 0.15) is 45.0 Å². The molecule has 2 heterocycles. The Morgan fingerprint density at radius 3 is 2.78 bits per heavy atom. The fraction of sp³-hybridized carbons (Fsp3) is 0.632. The lowest BCUT2D eigenvalue weighted by Gasteiger charge is -2.13. The standard InChI is InChI=1S/C19H31N3O/c1-14(2)6-5-7-15(3)8-9-22-12-17(19(23)13-22)11-18-10-16(4)20-21-18/h6,8,10,17,19,23H,5,7,9,11-13H2,1-4H3,(H,20,21)/t17-,19+/m1/s1. The number of aliphatic hydroxyl groups excluding tert-OH is 1. The van der Waals surface area contributed by atoms with Crippen LogP contribution in [0.25, 0.3) is 0 Å². The van der Waals surface area contributed by atoms with E-state index in [1.165, 1.54) is 11.1 Å². The Bertz CT molecular complexity index is 555. The molecule has 0 aromatic carbocycles. The van der Waals surface area contributed by atoms with Gasteiger partial charge in [-0.3, -0.25) is 10.00 Å². The Morgan fingerprint density at radius 1 is 1.35 bits per heavy atom. The van der Waals surface area contributed by atoms with Crippen molar-refractivity contribution in [1.82, 2.24) is 15.1 Å². The molecule has 1 aromatic heterocycles. The van der Waals surface area contributed by atoms with E-state index in [0.29, 0.717) is 0 Å². The number of nitrogens with zero attached hydrogens (tertiary/aromatic N) is 2. The minimum atomic E-state index is -0.244. The van der Waals surface area contributed by atoms with E-state index in [2.05, 4.69) is 54.1 Å². The van der Waals surface area contributed by atoms with Gasteiger partial charge in [0.25, 0.3) is 0 Å². The van der Waals surface area contributed by atoms with Crippen molar-refractivity contribution in [3.05, 3.63) is 40.8 Å². The summed E-state index contributed by atoms with van der Waals surface area (Å²) in [5, 5.41) is 17.6. The average molecular weight is 317 g/mol. The van der Waals surface area contributed by atoms with Crippen LogP contribution in [-0.4, -0.2) is 45.9 Å². The zero-order valence-electron chi connectivity index (χ0n) is 15.0. The lowest BCUT2D eigenvalue weighted by molar-refractivity contribution is 0.142. The first-order valence-electron chi connectivity index (χ1n) is 8.64. The zero-order chi connectivity index (χ0) is 16.8. The maximum atomic E-state index is 10.3. The zero-order valence-corrected chi connectivity index (χ0v) is 15.0. The molecule has 4 nitrogen and oxygen atoms in total. The third kappa shape index (κ3) is 5.96. The summed E-state index contributed by atoms with van der Waals surface area (Å²) >= 11 is 0. The number of likely N-dealkylation sites (tertiary alicyclic amines) is 1. The highest BCUT2D eigenvalue weighted by Crippen LogP contribution is 2.21. The van der Waals surface area contributed by atoms with Crippen LogP contribution in [0.3, 0.4) is 0 Å². The molecule has 0 radical (unpaired) electrons. The number of aryl methyl sites for hydroxylation is 1. The Hall–Kier alpha value is -1.39. The van der Waals surface area contributed by atoms with Crippen LogP contribution in [0.15, 0.2) is 29.4 Å². The van der Waals surface area contributed by atoms with Crippen LogP contribution in [0.2, 0.25) is 0 Å². The molecule has 2 atom stereocenters. The molecule has 0 amide bonds. The molecule has 0 bridgehead atoms. The van der Waals surface area contributed by atoms with Gasteiger partial charge in [0.05, 0.1) is 11.8 Å². The second kappa shape index (κ2) is 8.46. The third-order valence-corrected chi connectivity index (χ3v) is 4.50. The lowest BCUT2D eigenvalue weighted by atomic mass is 10.0. The van der Waals surface area contributed by atoms with E-state index in [1.54, 1.807) is 0 Å². The normalized spacial score (nSPS) is 22.6. The second-order valence-corrected chi connectivity index (χ2v) is 7.16. The summed E-state index contributed by atoms with van der Waals surface area (Å²) in [4.78, 5) is 2.35. The Morgan fingerprint density at radius 2 is 2.13 bits per heavy atom. The number of aromatic amines is 1. The second-order valence-electron chi connectivity index (χ2n) is 7.16. The highest BCUT2D eigenvalue weighted by atomic mass is 16.3. The molecule has 0 unspecified atom stereocenters. The van der Waals surface area contributed by atoms with Gasteiger partial charge in [-0.05, 0) is 53.0 Å². The minimum Gasteiger partial charge on any atom is -0.391 e. The molecule has 4 heteroatoms. The number of allylic oxidation sites excluding steroid dienone is 3. The SMILES string of the molecule is CC(C)=CCCC(C)=CCN1C[C@@H](Cc2cc(C)[nH]n2)[C@@H](O)C1. The van der Waals surface area contributed by atoms with Crippen LogP contribution >= 0.6 is 0 Å². The molecule has 2 rings (SSSR count). The predicted octanol–water partition coefficient (Wildman–Crippen LogP) is 3.25. The number of aliphatic hydroxyl groups is 1. The predicted molar refractivity (Wildman–Crippen MR) is 95.4 cm³/mol. The van der Waals surface area contributed by atoms with Crippen LogP contribution in [0.4, 0.5) is 0 Å². The number of hydrogen-bond acceptors (Lipinski definition) is 3. The Kier molecular flexibility index (Phi) is 6.60. The lowest BCUT2D eigenvalue weighted by Crippen LogP contribution is -2.22. The summed E-state index contributed by atoms with van der Waals surface area (Å²) < 4.78 is 0. The van der Waals surface area contributed by atoms with Crippen molar-refractivity contribution >= 4 is 0 Å². The van der Waals surface area contributed by atoms with Gasteiger partial charge in [-0.1, -0.05) is 23.3 Å². The quantitative estimate of drug-likeness (QED) is 0.759. The fourth-order valence-electron chi connectivity index (χ4n) is 3.11. The van der Waals surface area contributed by atoms with Gasteiger partial charge in [0.2, 0.25) is 0 Å². The summed E-state index contributed by atoms with van der Waals surface area (Å²) in [5.74, 6) is 0.289. The molecular formula is C19H31N3O. The van der Waals surface area contributed by atoms with Gasteiger partial charge in [0.1, 0.15) is 0 Å². The van der Waals surface area contributed by atoms with Crippen molar-refractivity contribution in [2.24, 2.45) is 5.92 Å². The maximum absolute atomic E-state index is 10.3. The van der Waals surface area contributed by atoms with Crippen molar-refractivity contribution in [3.8, 4) is 0 Å². The molecule has 0 spiro atoms. The van der Waals surface area contributed by atoms with Crippen LogP contribution < -0.4 is 0 Å². The molecule has 0 aliphatic carbocycles. The largest absolute Gasteiger partial charge is 0.391 e. The molecule has 23 heavy (non-hydrogen) atoms.